The van der Waals surface area contributed by atoms with Gasteiger partial charge in [-0.25, -0.2) is 9.78 Å². The summed E-state index contributed by atoms with van der Waals surface area (Å²) in [6, 6.07) is 8.44. The van der Waals surface area contributed by atoms with Crippen LogP contribution in [0, 0.1) is 0 Å². The van der Waals surface area contributed by atoms with Gasteiger partial charge in [0.1, 0.15) is 6.61 Å². The molecule has 1 aromatic carbocycles. The zero-order valence-corrected chi connectivity index (χ0v) is 11.4. The Balaban J connectivity index is 2.15. The fourth-order valence-electron chi connectivity index (χ4n) is 2.40. The van der Waals surface area contributed by atoms with Crippen molar-refractivity contribution in [1.29, 1.82) is 0 Å². The van der Waals surface area contributed by atoms with E-state index in [4.69, 9.17) is 9.78 Å². The van der Waals surface area contributed by atoms with Gasteiger partial charge in [-0.3, -0.25) is 0 Å². The number of allylic oxidation sites excluding steroid dienone is 1. The lowest BCUT2D eigenvalue weighted by Crippen LogP contribution is -2.28. The summed E-state index contributed by atoms with van der Waals surface area (Å²) in [6.45, 7) is 12.4. The molecule has 0 bridgehead atoms. The molecule has 3 heteroatoms. The monoisotopic (exact) mass is 247 g/mol. The van der Waals surface area contributed by atoms with Gasteiger partial charge in [0.25, 0.3) is 0 Å². The standard InChI is InChI=1S/C15H21NO2/c1-5-17-18-11-10-16-12(2)15(3,4)13-8-6-7-9-14(13)16/h6-9H,2,5,10-11H2,1,3-4H3. The van der Waals surface area contributed by atoms with Crippen molar-refractivity contribution in [2.24, 2.45) is 0 Å². The third-order valence-corrected chi connectivity index (χ3v) is 3.51. The lowest BCUT2D eigenvalue weighted by atomic mass is 9.85. The number of nitrogens with zero attached hydrogens (tertiary/aromatic N) is 1. The minimum absolute atomic E-state index is 0.0117. The van der Waals surface area contributed by atoms with Crippen LogP contribution < -0.4 is 4.90 Å². The number of para-hydroxylation sites is 1. The molecule has 1 aliphatic heterocycles. The first-order valence-electron chi connectivity index (χ1n) is 6.40. The van der Waals surface area contributed by atoms with E-state index in [2.05, 4.69) is 49.6 Å². The minimum Gasteiger partial charge on any atom is -0.342 e. The molecule has 0 aromatic heterocycles. The van der Waals surface area contributed by atoms with Crippen molar-refractivity contribution in [1.82, 2.24) is 0 Å². The predicted octanol–water partition coefficient (Wildman–Crippen LogP) is 3.27. The van der Waals surface area contributed by atoms with Crippen LogP contribution in [0.4, 0.5) is 5.69 Å². The van der Waals surface area contributed by atoms with E-state index in [1.165, 1.54) is 11.3 Å². The second-order valence-electron chi connectivity index (χ2n) is 4.97. The molecule has 0 saturated carbocycles. The summed E-state index contributed by atoms with van der Waals surface area (Å²) in [7, 11) is 0. The third kappa shape index (κ3) is 2.16. The molecule has 18 heavy (non-hydrogen) atoms. The van der Waals surface area contributed by atoms with Crippen molar-refractivity contribution >= 4 is 5.69 Å². The molecule has 1 aromatic rings. The molecular formula is C15H21NO2. The van der Waals surface area contributed by atoms with Crippen LogP contribution >= 0.6 is 0 Å². The van der Waals surface area contributed by atoms with E-state index in [0.717, 1.165) is 12.2 Å². The normalized spacial score (nSPS) is 17.1. The zero-order chi connectivity index (χ0) is 13.2. The molecule has 0 radical (unpaired) electrons. The maximum absolute atomic E-state index is 5.09. The van der Waals surface area contributed by atoms with Crippen molar-refractivity contribution in [2.75, 3.05) is 24.7 Å². The van der Waals surface area contributed by atoms with Crippen molar-refractivity contribution < 1.29 is 9.78 Å². The summed E-state index contributed by atoms with van der Waals surface area (Å²) >= 11 is 0. The quantitative estimate of drug-likeness (QED) is 0.453. The highest BCUT2D eigenvalue weighted by Crippen LogP contribution is 2.46. The smallest absolute Gasteiger partial charge is 0.100 e. The number of hydrogen-bond acceptors (Lipinski definition) is 3. The van der Waals surface area contributed by atoms with Gasteiger partial charge in [0.15, 0.2) is 0 Å². The number of rotatable bonds is 5. The molecule has 0 aliphatic carbocycles. The van der Waals surface area contributed by atoms with E-state index < -0.39 is 0 Å². The molecule has 0 saturated heterocycles. The van der Waals surface area contributed by atoms with E-state index in [1.54, 1.807) is 0 Å². The topological polar surface area (TPSA) is 21.7 Å². The Kier molecular flexibility index (Phi) is 3.73. The second-order valence-corrected chi connectivity index (χ2v) is 4.97. The molecular weight excluding hydrogens is 226 g/mol. The first kappa shape index (κ1) is 13.1. The number of hydrogen-bond donors (Lipinski definition) is 0. The van der Waals surface area contributed by atoms with Crippen molar-refractivity contribution in [3.8, 4) is 0 Å². The average molecular weight is 247 g/mol. The number of anilines is 1. The molecule has 0 N–H and O–H groups in total. The lowest BCUT2D eigenvalue weighted by Gasteiger charge is -2.25. The van der Waals surface area contributed by atoms with Crippen LogP contribution in [0.3, 0.4) is 0 Å². The Morgan fingerprint density at radius 3 is 2.67 bits per heavy atom. The molecule has 3 nitrogen and oxygen atoms in total. The highest BCUT2D eigenvalue weighted by atomic mass is 17.2. The summed E-state index contributed by atoms with van der Waals surface area (Å²) in [6.07, 6.45) is 0. The van der Waals surface area contributed by atoms with E-state index >= 15 is 0 Å². The van der Waals surface area contributed by atoms with Crippen LogP contribution in [0.5, 0.6) is 0 Å². The Morgan fingerprint density at radius 1 is 1.22 bits per heavy atom. The van der Waals surface area contributed by atoms with Crippen LogP contribution in [0.1, 0.15) is 26.3 Å². The van der Waals surface area contributed by atoms with E-state index in [0.29, 0.717) is 13.2 Å². The summed E-state index contributed by atoms with van der Waals surface area (Å²) in [4.78, 5) is 12.2. The van der Waals surface area contributed by atoms with Crippen LogP contribution in [-0.2, 0) is 15.2 Å². The Morgan fingerprint density at radius 2 is 1.94 bits per heavy atom. The fraction of sp³-hybridized carbons (Fsp3) is 0.467. The summed E-state index contributed by atoms with van der Waals surface area (Å²) in [5.74, 6) is 0. The second kappa shape index (κ2) is 5.12. The largest absolute Gasteiger partial charge is 0.342 e. The summed E-state index contributed by atoms with van der Waals surface area (Å²) in [5, 5.41) is 0. The maximum Gasteiger partial charge on any atom is 0.100 e. The minimum atomic E-state index is -0.0117. The Bertz CT molecular complexity index is 440. The SMILES string of the molecule is C=C1N(CCOOCC)c2ccccc2C1(C)C. The molecule has 0 unspecified atom stereocenters. The van der Waals surface area contributed by atoms with Gasteiger partial charge in [-0.2, -0.15) is 0 Å². The molecule has 0 spiro atoms. The number of fused-ring (bicyclic) bond motifs is 1. The Hall–Kier alpha value is -1.32. The van der Waals surface area contributed by atoms with Gasteiger partial charge in [0, 0.05) is 23.3 Å². The van der Waals surface area contributed by atoms with E-state index in [9.17, 15) is 0 Å². The van der Waals surface area contributed by atoms with Gasteiger partial charge in [-0.05, 0) is 18.6 Å². The van der Waals surface area contributed by atoms with Crippen molar-refractivity contribution in [3.63, 3.8) is 0 Å². The highest BCUT2D eigenvalue weighted by molar-refractivity contribution is 5.69. The summed E-state index contributed by atoms with van der Waals surface area (Å²) < 4.78 is 0. The van der Waals surface area contributed by atoms with Gasteiger partial charge in [0.05, 0.1) is 6.61 Å². The van der Waals surface area contributed by atoms with Gasteiger partial charge >= 0.3 is 0 Å². The third-order valence-electron chi connectivity index (χ3n) is 3.51. The maximum atomic E-state index is 5.09. The average Bonchev–Trinajstić information content (AvgIpc) is 2.56. The number of benzene rings is 1. The molecule has 1 aliphatic rings. The first-order valence-corrected chi connectivity index (χ1v) is 6.40. The van der Waals surface area contributed by atoms with Crippen LogP contribution in [-0.4, -0.2) is 19.8 Å². The molecule has 0 amide bonds. The van der Waals surface area contributed by atoms with Gasteiger partial charge in [0.2, 0.25) is 0 Å². The van der Waals surface area contributed by atoms with Gasteiger partial charge in [-0.1, -0.05) is 38.6 Å². The van der Waals surface area contributed by atoms with Crippen LogP contribution in [0.2, 0.25) is 0 Å². The molecule has 98 valence electrons. The fourth-order valence-corrected chi connectivity index (χ4v) is 2.40. The lowest BCUT2D eigenvalue weighted by molar-refractivity contribution is -0.288. The highest BCUT2D eigenvalue weighted by Gasteiger charge is 2.38. The van der Waals surface area contributed by atoms with Gasteiger partial charge in [-0.15, -0.1) is 0 Å². The van der Waals surface area contributed by atoms with Crippen LogP contribution in [0.15, 0.2) is 36.5 Å². The molecule has 2 rings (SSSR count). The van der Waals surface area contributed by atoms with Crippen molar-refractivity contribution in [2.45, 2.75) is 26.2 Å². The van der Waals surface area contributed by atoms with E-state index in [1.807, 2.05) is 6.92 Å². The molecule has 1 heterocycles. The zero-order valence-electron chi connectivity index (χ0n) is 11.4. The predicted molar refractivity (Wildman–Crippen MR) is 73.5 cm³/mol. The Labute approximate surface area is 109 Å². The van der Waals surface area contributed by atoms with Crippen molar-refractivity contribution in [3.05, 3.63) is 42.1 Å². The molecule has 0 atom stereocenters. The first-order chi connectivity index (χ1) is 8.59. The molecule has 0 fully saturated rings. The summed E-state index contributed by atoms with van der Waals surface area (Å²) in [5.41, 5.74) is 3.66. The van der Waals surface area contributed by atoms with Gasteiger partial charge < -0.3 is 4.90 Å². The van der Waals surface area contributed by atoms with Crippen LogP contribution in [0.25, 0.3) is 0 Å². The van der Waals surface area contributed by atoms with E-state index in [-0.39, 0.29) is 5.41 Å².